The lowest BCUT2D eigenvalue weighted by Gasteiger charge is -2.02. The predicted octanol–water partition coefficient (Wildman–Crippen LogP) is 6.32. The van der Waals surface area contributed by atoms with Crippen LogP contribution in [0, 0.1) is 6.92 Å². The van der Waals surface area contributed by atoms with Crippen LogP contribution in [-0.4, -0.2) is 6.21 Å². The van der Waals surface area contributed by atoms with Crippen molar-refractivity contribution in [3.63, 3.8) is 0 Å². The van der Waals surface area contributed by atoms with Gasteiger partial charge in [-0.25, -0.2) is 11.4 Å². The molecule has 3 aromatic carbocycles. The Bertz CT molecular complexity index is 992. The van der Waals surface area contributed by atoms with E-state index in [4.69, 9.17) is 5.84 Å². The fourth-order valence-corrected chi connectivity index (χ4v) is 2.67. The van der Waals surface area contributed by atoms with Crippen molar-refractivity contribution in [2.45, 2.75) is 6.92 Å². The van der Waals surface area contributed by atoms with Gasteiger partial charge < -0.3 is 0 Å². The lowest BCUT2D eigenvalue weighted by Crippen LogP contribution is -2.13. The molecule has 3 nitrogen and oxygen atoms in total. The molecule has 0 saturated heterocycles. The molecule has 0 saturated carbocycles. The first-order valence-electron chi connectivity index (χ1n) is 9.33. The maximum atomic E-state index is 5.08. The molecule has 0 atom stereocenters. The molecule has 0 aromatic heterocycles. The summed E-state index contributed by atoms with van der Waals surface area (Å²) in [5, 5.41) is 3.78. The van der Waals surface area contributed by atoms with Gasteiger partial charge in [0.15, 0.2) is 0 Å². The van der Waals surface area contributed by atoms with E-state index in [0.717, 1.165) is 16.7 Å². The summed E-state index contributed by atoms with van der Waals surface area (Å²) in [5.74, 6) is 5.08. The van der Waals surface area contributed by atoms with Gasteiger partial charge in [-0.2, -0.15) is 5.10 Å². The van der Waals surface area contributed by atoms with Crippen molar-refractivity contribution in [3.8, 4) is 11.1 Å². The monoisotopic (exact) mass is 417 g/mol. The molecule has 3 N–H and O–H groups in total. The van der Waals surface area contributed by atoms with Crippen molar-refractivity contribution < 1.29 is 0 Å². The molecule has 0 heterocycles. The van der Waals surface area contributed by atoms with Crippen molar-refractivity contribution in [2.75, 3.05) is 0 Å². The van der Waals surface area contributed by atoms with Crippen LogP contribution in [0.25, 0.3) is 16.7 Å². The molecule has 0 amide bonds. The molecule has 0 bridgehead atoms. The number of halogens is 1. The van der Waals surface area contributed by atoms with E-state index < -0.39 is 0 Å². The molecule has 4 heteroatoms. The molecule has 30 heavy (non-hydrogen) atoms. The topological polar surface area (TPSA) is 50.4 Å². The average Bonchev–Trinajstić information content (AvgIpc) is 2.77. The minimum absolute atomic E-state index is 0. The van der Waals surface area contributed by atoms with Crippen molar-refractivity contribution in [2.24, 2.45) is 10.9 Å². The van der Waals surface area contributed by atoms with Gasteiger partial charge in [0.05, 0.1) is 6.21 Å². The second kappa shape index (κ2) is 13.7. The van der Waals surface area contributed by atoms with Gasteiger partial charge in [0.25, 0.3) is 0 Å². The van der Waals surface area contributed by atoms with E-state index in [1.165, 1.54) is 16.7 Å². The van der Waals surface area contributed by atoms with Gasteiger partial charge >= 0.3 is 0 Å². The zero-order valence-corrected chi connectivity index (χ0v) is 18.0. The first kappa shape index (κ1) is 24.6. The van der Waals surface area contributed by atoms with Crippen LogP contribution < -0.4 is 11.4 Å². The molecule has 0 aliphatic heterocycles. The number of benzene rings is 3. The Morgan fingerprint density at radius 1 is 0.933 bits per heavy atom. The number of hydrazine groups is 1. The van der Waals surface area contributed by atoms with Crippen LogP contribution in [0.1, 0.15) is 16.7 Å². The third kappa shape index (κ3) is 8.31. The van der Waals surface area contributed by atoms with Gasteiger partial charge in [0.2, 0.25) is 0 Å². The minimum Gasteiger partial charge on any atom is -0.246 e. The van der Waals surface area contributed by atoms with E-state index in [2.05, 4.69) is 73.2 Å². The van der Waals surface area contributed by atoms with Crippen LogP contribution >= 0.6 is 12.4 Å². The molecular weight excluding hydrogens is 390 g/mol. The summed E-state index contributed by atoms with van der Waals surface area (Å²) in [5.41, 5.74) is 9.06. The summed E-state index contributed by atoms with van der Waals surface area (Å²) in [6, 6.07) is 26.6. The SMILES string of the molecule is C=C/C=C\C(=C)c1cccc(C)c1.Cl.NN/N=C/c1cccc(-c2ccccc2)c1. The number of hydrogen-bond acceptors (Lipinski definition) is 3. The molecule has 0 spiro atoms. The molecule has 0 aliphatic carbocycles. The van der Waals surface area contributed by atoms with Gasteiger partial charge in [-0.3, -0.25) is 0 Å². The Morgan fingerprint density at radius 3 is 2.30 bits per heavy atom. The lowest BCUT2D eigenvalue weighted by atomic mass is 10.0. The van der Waals surface area contributed by atoms with Crippen molar-refractivity contribution in [3.05, 3.63) is 127 Å². The highest BCUT2D eigenvalue weighted by Crippen LogP contribution is 2.19. The van der Waals surface area contributed by atoms with E-state index in [-0.39, 0.29) is 12.4 Å². The quantitative estimate of drug-likeness (QED) is 0.213. The van der Waals surface area contributed by atoms with Crippen LogP contribution in [0.2, 0.25) is 0 Å². The molecule has 0 radical (unpaired) electrons. The first-order chi connectivity index (χ1) is 14.1. The largest absolute Gasteiger partial charge is 0.246 e. The Morgan fingerprint density at radius 2 is 1.63 bits per heavy atom. The Labute approximate surface area is 185 Å². The fourth-order valence-electron chi connectivity index (χ4n) is 2.67. The third-order valence-corrected chi connectivity index (χ3v) is 4.10. The lowest BCUT2D eigenvalue weighted by molar-refractivity contribution is 0.811. The number of nitrogens with two attached hydrogens (primary N) is 1. The van der Waals surface area contributed by atoms with Gasteiger partial charge in [0.1, 0.15) is 0 Å². The molecule has 3 aromatic rings. The van der Waals surface area contributed by atoms with Crippen LogP contribution in [0.15, 0.2) is 115 Å². The van der Waals surface area contributed by atoms with Crippen molar-refractivity contribution >= 4 is 24.2 Å². The molecule has 0 aliphatic rings. The van der Waals surface area contributed by atoms with E-state index >= 15 is 0 Å². The molecule has 3 rings (SSSR count). The highest BCUT2D eigenvalue weighted by Gasteiger charge is 1.96. The summed E-state index contributed by atoms with van der Waals surface area (Å²) in [6.45, 7) is 9.66. The number of hydrogen-bond donors (Lipinski definition) is 2. The third-order valence-electron chi connectivity index (χ3n) is 4.10. The second-order valence-corrected chi connectivity index (χ2v) is 6.37. The molecule has 0 unspecified atom stereocenters. The first-order valence-corrected chi connectivity index (χ1v) is 9.33. The number of nitrogens with one attached hydrogen (secondary N) is 1. The summed E-state index contributed by atoms with van der Waals surface area (Å²) < 4.78 is 0. The maximum absolute atomic E-state index is 5.08. The van der Waals surface area contributed by atoms with Crippen LogP contribution in [-0.2, 0) is 0 Å². The zero-order chi connectivity index (χ0) is 20.9. The Hall–Kier alpha value is -3.40. The zero-order valence-electron chi connectivity index (χ0n) is 17.2. The van der Waals surface area contributed by atoms with Gasteiger partial charge in [0, 0.05) is 0 Å². The molecule has 0 fully saturated rings. The number of aryl methyl sites for hydroxylation is 1. The van der Waals surface area contributed by atoms with E-state index in [1.807, 2.05) is 48.6 Å². The van der Waals surface area contributed by atoms with Crippen LogP contribution in [0.4, 0.5) is 0 Å². The van der Waals surface area contributed by atoms with Crippen LogP contribution in [0.5, 0.6) is 0 Å². The summed E-state index contributed by atoms with van der Waals surface area (Å²) in [7, 11) is 0. The standard InChI is InChI=1S/C13H13N3.C13H14.ClH/c14-16-15-10-11-5-4-8-13(9-11)12-6-2-1-3-7-12;1-4-5-8-12(3)13-9-6-7-11(2)10-13;/h1-10,16H,14H2;4-10H,1,3H2,2H3;1H/b15-10+;8-5-;. The second-order valence-electron chi connectivity index (χ2n) is 6.37. The van der Waals surface area contributed by atoms with E-state index in [9.17, 15) is 0 Å². The van der Waals surface area contributed by atoms with E-state index in [0.29, 0.717) is 0 Å². The van der Waals surface area contributed by atoms with Crippen molar-refractivity contribution in [1.82, 2.24) is 5.53 Å². The average molecular weight is 418 g/mol. The number of hydrazone groups is 1. The summed E-state index contributed by atoms with van der Waals surface area (Å²) in [4.78, 5) is 0. The number of rotatable bonds is 6. The van der Waals surface area contributed by atoms with E-state index in [1.54, 1.807) is 12.3 Å². The normalized spacial score (nSPS) is 10.1. The molecule has 154 valence electrons. The predicted molar refractivity (Wildman–Crippen MR) is 134 cm³/mol. The number of allylic oxidation sites excluding steroid dienone is 4. The van der Waals surface area contributed by atoms with Gasteiger partial charge in [-0.05, 0) is 40.8 Å². The summed E-state index contributed by atoms with van der Waals surface area (Å²) in [6.07, 6.45) is 7.29. The minimum atomic E-state index is 0. The van der Waals surface area contributed by atoms with Crippen LogP contribution in [0.3, 0.4) is 0 Å². The van der Waals surface area contributed by atoms with Gasteiger partial charge in [-0.15, -0.1) is 12.4 Å². The Balaban J connectivity index is 0.000000297. The van der Waals surface area contributed by atoms with Crippen molar-refractivity contribution in [1.29, 1.82) is 0 Å². The summed E-state index contributed by atoms with van der Waals surface area (Å²) >= 11 is 0. The highest BCUT2D eigenvalue weighted by molar-refractivity contribution is 5.85. The van der Waals surface area contributed by atoms with Gasteiger partial charge in [-0.1, -0.05) is 110 Å². The fraction of sp³-hybridized carbons (Fsp3) is 0.0385. The Kier molecular flexibility index (Phi) is 11.3. The highest BCUT2D eigenvalue weighted by atomic mass is 35.5. The number of nitrogens with zero attached hydrogens (tertiary/aromatic N) is 1. The maximum Gasteiger partial charge on any atom is 0.0556 e. The smallest absolute Gasteiger partial charge is 0.0556 e. The molecular formula is C26H28ClN3.